The molecule has 0 unspecified atom stereocenters. The van der Waals surface area contributed by atoms with E-state index in [2.05, 4.69) is 4.98 Å². The van der Waals surface area contributed by atoms with Gasteiger partial charge in [0.05, 0.1) is 16.8 Å². The third-order valence-corrected chi connectivity index (χ3v) is 3.51. The van der Waals surface area contributed by atoms with Gasteiger partial charge in [0.15, 0.2) is 6.61 Å². The number of ether oxygens (including phenoxy) is 1. The molecular weight excluding hydrogens is 358 g/mol. The molecule has 1 aromatic heterocycles. The Morgan fingerprint density at radius 3 is 2.36 bits per heavy atom. The Kier molecular flexibility index (Phi) is 3.69. The molecule has 0 atom stereocenters. The number of rotatable bonds is 1. The van der Waals surface area contributed by atoms with Crippen LogP contribution < -0.4 is 15.2 Å². The number of pyridine rings is 1. The SMILES string of the molecule is O=C1COc2cc3[nH]c(=O)cc(C(F)(F)F)c3cc2N1CC(F)(F)F. The minimum atomic E-state index is -4.91. The fourth-order valence-electron chi connectivity index (χ4n) is 2.54. The van der Waals surface area contributed by atoms with Gasteiger partial charge in [-0.25, -0.2) is 0 Å². The molecule has 3 rings (SSSR count). The quantitative estimate of drug-likeness (QED) is 0.790. The van der Waals surface area contributed by atoms with E-state index in [0.717, 1.165) is 12.1 Å². The lowest BCUT2D eigenvalue weighted by Crippen LogP contribution is -2.44. The lowest BCUT2D eigenvalue weighted by atomic mass is 10.1. The number of amides is 1. The van der Waals surface area contributed by atoms with Crippen LogP contribution in [0.2, 0.25) is 0 Å². The smallest absolute Gasteiger partial charge is 0.417 e. The summed E-state index contributed by atoms with van der Waals surface area (Å²) in [6.45, 7) is -2.36. The number of aromatic nitrogens is 1. The van der Waals surface area contributed by atoms with E-state index in [1.54, 1.807) is 0 Å². The van der Waals surface area contributed by atoms with Gasteiger partial charge in [-0.3, -0.25) is 14.5 Å². The minimum Gasteiger partial charge on any atom is -0.481 e. The number of aromatic amines is 1. The van der Waals surface area contributed by atoms with Gasteiger partial charge in [0.25, 0.3) is 5.91 Å². The van der Waals surface area contributed by atoms with E-state index >= 15 is 0 Å². The molecule has 1 aliphatic rings. The van der Waals surface area contributed by atoms with Crippen molar-refractivity contribution in [1.82, 2.24) is 4.98 Å². The molecule has 2 aromatic rings. The van der Waals surface area contributed by atoms with Crippen molar-refractivity contribution in [3.8, 4) is 5.75 Å². The summed E-state index contributed by atoms with van der Waals surface area (Å²) in [6.07, 6.45) is -9.66. The lowest BCUT2D eigenvalue weighted by Gasteiger charge is -2.30. The van der Waals surface area contributed by atoms with Crippen LogP contribution in [0.5, 0.6) is 5.75 Å². The van der Waals surface area contributed by atoms with Gasteiger partial charge in [-0.05, 0) is 6.07 Å². The Morgan fingerprint density at radius 2 is 1.76 bits per heavy atom. The number of carbonyl (C=O) groups is 1. The van der Waals surface area contributed by atoms with E-state index in [4.69, 9.17) is 4.74 Å². The molecule has 1 aliphatic heterocycles. The van der Waals surface area contributed by atoms with Gasteiger partial charge < -0.3 is 9.72 Å². The number of alkyl halides is 6. The van der Waals surface area contributed by atoms with Crippen LogP contribution in [-0.4, -0.2) is 30.2 Å². The van der Waals surface area contributed by atoms with Crippen LogP contribution in [0.1, 0.15) is 5.56 Å². The fraction of sp³-hybridized carbons (Fsp3) is 0.286. The second kappa shape index (κ2) is 5.39. The summed E-state index contributed by atoms with van der Waals surface area (Å²) in [6, 6.07) is 2.03. The highest BCUT2D eigenvalue weighted by Crippen LogP contribution is 2.40. The van der Waals surface area contributed by atoms with Gasteiger partial charge >= 0.3 is 12.4 Å². The third kappa shape index (κ3) is 3.26. The Labute approximate surface area is 134 Å². The maximum atomic E-state index is 13.1. The number of nitrogens with zero attached hydrogens (tertiary/aromatic N) is 1. The number of benzene rings is 1. The highest BCUT2D eigenvalue weighted by Gasteiger charge is 2.38. The predicted octanol–water partition coefficient (Wildman–Crippen LogP) is 2.83. The monoisotopic (exact) mass is 366 g/mol. The van der Waals surface area contributed by atoms with Crippen molar-refractivity contribution in [2.45, 2.75) is 12.4 Å². The molecule has 2 heterocycles. The van der Waals surface area contributed by atoms with Crippen LogP contribution in [-0.2, 0) is 11.0 Å². The summed E-state index contributed by atoms with van der Waals surface area (Å²) in [7, 11) is 0. The van der Waals surface area contributed by atoms with Crippen molar-refractivity contribution in [3.05, 3.63) is 34.1 Å². The predicted molar refractivity (Wildman–Crippen MR) is 73.5 cm³/mol. The van der Waals surface area contributed by atoms with Crippen LogP contribution in [0.15, 0.2) is 23.0 Å². The molecule has 0 spiro atoms. The molecular formula is C14H8F6N2O3. The Hall–Kier alpha value is -2.72. The third-order valence-electron chi connectivity index (χ3n) is 3.51. The number of anilines is 1. The lowest BCUT2D eigenvalue weighted by molar-refractivity contribution is -0.136. The van der Waals surface area contributed by atoms with Crippen LogP contribution in [0.25, 0.3) is 10.9 Å². The van der Waals surface area contributed by atoms with E-state index in [1.165, 1.54) is 0 Å². The minimum absolute atomic E-state index is 0.230. The second-order valence-electron chi connectivity index (χ2n) is 5.29. The summed E-state index contributed by atoms with van der Waals surface area (Å²) in [5, 5.41) is -0.545. The van der Waals surface area contributed by atoms with Crippen molar-refractivity contribution >= 4 is 22.5 Å². The van der Waals surface area contributed by atoms with Crippen LogP contribution in [0, 0.1) is 0 Å². The first kappa shape index (κ1) is 17.1. The van der Waals surface area contributed by atoms with E-state index in [0.29, 0.717) is 11.0 Å². The zero-order chi connectivity index (χ0) is 18.6. The van der Waals surface area contributed by atoms with Gasteiger partial charge in [-0.2, -0.15) is 26.3 Å². The van der Waals surface area contributed by atoms with Gasteiger partial charge in [0.2, 0.25) is 5.56 Å². The van der Waals surface area contributed by atoms with Gasteiger partial charge in [0.1, 0.15) is 12.3 Å². The number of carbonyl (C=O) groups excluding carboxylic acids is 1. The van der Waals surface area contributed by atoms with Gasteiger partial charge in [0, 0.05) is 17.5 Å². The molecule has 0 aliphatic carbocycles. The summed E-state index contributed by atoms with van der Waals surface area (Å²) in [4.78, 5) is 25.6. The molecule has 1 aromatic carbocycles. The number of H-pyrrole nitrogens is 1. The largest absolute Gasteiger partial charge is 0.481 e. The molecule has 134 valence electrons. The first-order valence-corrected chi connectivity index (χ1v) is 6.74. The van der Waals surface area contributed by atoms with Gasteiger partial charge in [-0.15, -0.1) is 0 Å². The number of halogens is 6. The van der Waals surface area contributed by atoms with Crippen molar-refractivity contribution < 1.29 is 35.9 Å². The normalized spacial score (nSPS) is 15.3. The summed E-state index contributed by atoms with van der Waals surface area (Å²) in [5.41, 5.74) is -3.06. The second-order valence-corrected chi connectivity index (χ2v) is 5.29. The molecule has 0 saturated heterocycles. The maximum Gasteiger partial charge on any atom is 0.417 e. The molecule has 0 radical (unpaired) electrons. The molecule has 5 nitrogen and oxygen atoms in total. The standard InChI is InChI=1S/C14H8F6N2O3/c15-13(16,17)5-22-9-1-6-7(14(18,19)20)2-11(23)21-8(6)3-10(9)25-4-12(22)24/h1-3H,4-5H2,(H,21,23). The van der Waals surface area contributed by atoms with Crippen LogP contribution in [0.4, 0.5) is 32.0 Å². The van der Waals surface area contributed by atoms with E-state index in [1.807, 2.05) is 0 Å². The highest BCUT2D eigenvalue weighted by molar-refractivity contribution is 6.01. The zero-order valence-corrected chi connectivity index (χ0v) is 12.1. The number of fused-ring (bicyclic) bond motifs is 2. The fourth-order valence-corrected chi connectivity index (χ4v) is 2.54. The summed E-state index contributed by atoms with van der Waals surface area (Å²) < 4.78 is 82.4. The number of hydrogen-bond acceptors (Lipinski definition) is 3. The topological polar surface area (TPSA) is 62.4 Å². The molecule has 11 heteroatoms. The summed E-state index contributed by atoms with van der Waals surface area (Å²) in [5.74, 6) is -1.27. The van der Waals surface area contributed by atoms with E-state index < -0.39 is 53.6 Å². The van der Waals surface area contributed by atoms with Gasteiger partial charge in [-0.1, -0.05) is 0 Å². The average Bonchev–Trinajstić information content (AvgIpc) is 2.46. The number of hydrogen-bond donors (Lipinski definition) is 1. The van der Waals surface area contributed by atoms with E-state index in [-0.39, 0.29) is 11.3 Å². The maximum absolute atomic E-state index is 13.1. The summed E-state index contributed by atoms with van der Waals surface area (Å²) >= 11 is 0. The van der Waals surface area contributed by atoms with Crippen LogP contribution >= 0.6 is 0 Å². The zero-order valence-electron chi connectivity index (χ0n) is 12.1. The average molecular weight is 366 g/mol. The first-order chi connectivity index (χ1) is 11.5. The molecule has 0 fully saturated rings. The van der Waals surface area contributed by atoms with E-state index in [9.17, 15) is 35.9 Å². The van der Waals surface area contributed by atoms with Crippen molar-refractivity contribution in [3.63, 3.8) is 0 Å². The molecule has 25 heavy (non-hydrogen) atoms. The molecule has 0 saturated carbocycles. The van der Waals surface area contributed by atoms with Crippen molar-refractivity contribution in [2.75, 3.05) is 18.1 Å². The molecule has 1 N–H and O–H groups in total. The number of nitrogens with one attached hydrogen (secondary N) is 1. The Morgan fingerprint density at radius 1 is 1.08 bits per heavy atom. The Bertz CT molecular complexity index is 916. The van der Waals surface area contributed by atoms with Crippen LogP contribution in [0.3, 0.4) is 0 Å². The Balaban J connectivity index is 2.26. The highest BCUT2D eigenvalue weighted by atomic mass is 19.4. The molecule has 0 bridgehead atoms. The first-order valence-electron chi connectivity index (χ1n) is 6.74. The molecule has 1 amide bonds. The van der Waals surface area contributed by atoms with Crippen molar-refractivity contribution in [1.29, 1.82) is 0 Å². The van der Waals surface area contributed by atoms with Crippen molar-refractivity contribution in [2.24, 2.45) is 0 Å².